The lowest BCUT2D eigenvalue weighted by Crippen LogP contribution is -2.02. The first-order chi connectivity index (χ1) is 5.90. The number of benzene rings is 1. The van der Waals surface area contributed by atoms with Crippen LogP contribution in [-0.4, -0.2) is 9.97 Å². The summed E-state index contributed by atoms with van der Waals surface area (Å²) in [5.74, 6) is 0.689. The maximum Gasteiger partial charge on any atom is 0.142 e. The molecule has 1 aromatic carbocycles. The lowest BCUT2D eigenvalue weighted by Gasteiger charge is -1.97. The monoisotopic (exact) mass is 159 g/mol. The van der Waals surface area contributed by atoms with E-state index in [1.807, 2.05) is 24.3 Å². The second-order valence-electron chi connectivity index (χ2n) is 2.55. The van der Waals surface area contributed by atoms with E-state index in [4.69, 9.17) is 5.73 Å². The lowest BCUT2D eigenvalue weighted by atomic mass is 10.2. The molecular formula is C9H9N3. The fraction of sp³-hybridized carbons (Fsp3) is 0.111. The topological polar surface area (TPSA) is 51.8 Å². The molecule has 2 rings (SSSR count). The van der Waals surface area contributed by atoms with Crippen molar-refractivity contribution in [2.75, 3.05) is 0 Å². The lowest BCUT2D eigenvalue weighted by molar-refractivity contribution is 0.926. The SMILES string of the molecule is NCc1ncc2ccccc2n1. The van der Waals surface area contributed by atoms with E-state index in [1.54, 1.807) is 6.20 Å². The molecular weight excluding hydrogens is 150 g/mol. The van der Waals surface area contributed by atoms with Crippen molar-refractivity contribution in [2.45, 2.75) is 6.54 Å². The number of rotatable bonds is 1. The Morgan fingerprint density at radius 1 is 1.25 bits per heavy atom. The Balaban J connectivity index is 2.67. The highest BCUT2D eigenvalue weighted by Crippen LogP contribution is 2.08. The second-order valence-corrected chi connectivity index (χ2v) is 2.55. The average Bonchev–Trinajstić information content (AvgIpc) is 2.17. The van der Waals surface area contributed by atoms with Crippen LogP contribution >= 0.6 is 0 Å². The molecule has 0 bridgehead atoms. The van der Waals surface area contributed by atoms with Crippen LogP contribution < -0.4 is 5.73 Å². The van der Waals surface area contributed by atoms with Crippen molar-refractivity contribution in [3.63, 3.8) is 0 Å². The van der Waals surface area contributed by atoms with Gasteiger partial charge in [-0.1, -0.05) is 18.2 Å². The Hall–Kier alpha value is -1.48. The molecule has 0 atom stereocenters. The van der Waals surface area contributed by atoms with Gasteiger partial charge in [0.25, 0.3) is 0 Å². The quantitative estimate of drug-likeness (QED) is 0.677. The molecule has 0 saturated heterocycles. The Kier molecular flexibility index (Phi) is 1.72. The first-order valence-electron chi connectivity index (χ1n) is 3.81. The number of hydrogen-bond acceptors (Lipinski definition) is 3. The van der Waals surface area contributed by atoms with E-state index in [1.165, 1.54) is 0 Å². The molecule has 0 spiro atoms. The van der Waals surface area contributed by atoms with E-state index < -0.39 is 0 Å². The molecule has 0 radical (unpaired) electrons. The third-order valence-corrected chi connectivity index (χ3v) is 1.72. The minimum absolute atomic E-state index is 0.394. The van der Waals surface area contributed by atoms with E-state index >= 15 is 0 Å². The normalized spacial score (nSPS) is 10.4. The van der Waals surface area contributed by atoms with Crippen molar-refractivity contribution in [3.8, 4) is 0 Å². The predicted octanol–water partition coefficient (Wildman–Crippen LogP) is 1.09. The Morgan fingerprint density at radius 2 is 2.08 bits per heavy atom. The molecule has 0 aliphatic heterocycles. The van der Waals surface area contributed by atoms with Gasteiger partial charge in [0.15, 0.2) is 0 Å². The number of hydrogen-bond donors (Lipinski definition) is 1. The molecule has 0 fully saturated rings. The highest BCUT2D eigenvalue weighted by Gasteiger charge is 1.95. The first kappa shape index (κ1) is 7.18. The van der Waals surface area contributed by atoms with Crippen molar-refractivity contribution in [1.29, 1.82) is 0 Å². The highest BCUT2D eigenvalue weighted by atomic mass is 14.9. The maximum atomic E-state index is 5.42. The molecule has 0 unspecified atom stereocenters. The molecule has 1 aromatic heterocycles. The van der Waals surface area contributed by atoms with Gasteiger partial charge in [0, 0.05) is 11.6 Å². The molecule has 3 heteroatoms. The Morgan fingerprint density at radius 3 is 2.92 bits per heavy atom. The number of nitrogens with zero attached hydrogens (tertiary/aromatic N) is 2. The average molecular weight is 159 g/mol. The summed E-state index contributed by atoms with van der Waals surface area (Å²) < 4.78 is 0. The predicted molar refractivity (Wildman–Crippen MR) is 47.4 cm³/mol. The van der Waals surface area contributed by atoms with Gasteiger partial charge in [0.2, 0.25) is 0 Å². The summed E-state index contributed by atoms with van der Waals surface area (Å²) in [5.41, 5.74) is 6.37. The van der Waals surface area contributed by atoms with Crippen molar-refractivity contribution < 1.29 is 0 Å². The standard InChI is InChI=1S/C9H9N3/c10-5-9-11-6-7-3-1-2-4-8(7)12-9/h1-4,6H,5,10H2. The summed E-state index contributed by atoms with van der Waals surface area (Å²) in [4.78, 5) is 8.35. The van der Waals surface area contributed by atoms with Crippen molar-refractivity contribution in [1.82, 2.24) is 9.97 Å². The maximum absolute atomic E-state index is 5.42. The fourth-order valence-electron chi connectivity index (χ4n) is 1.11. The number of fused-ring (bicyclic) bond motifs is 1. The van der Waals surface area contributed by atoms with Crippen LogP contribution in [0.15, 0.2) is 30.5 Å². The van der Waals surface area contributed by atoms with Crippen LogP contribution in [0.4, 0.5) is 0 Å². The first-order valence-corrected chi connectivity index (χ1v) is 3.81. The third-order valence-electron chi connectivity index (χ3n) is 1.72. The molecule has 0 aliphatic rings. The van der Waals surface area contributed by atoms with Gasteiger partial charge >= 0.3 is 0 Å². The minimum Gasteiger partial charge on any atom is -0.324 e. The van der Waals surface area contributed by atoms with Crippen molar-refractivity contribution in [3.05, 3.63) is 36.3 Å². The number of para-hydroxylation sites is 1. The largest absolute Gasteiger partial charge is 0.324 e. The molecule has 2 aromatic rings. The van der Waals surface area contributed by atoms with Gasteiger partial charge in [-0.25, -0.2) is 9.97 Å². The highest BCUT2D eigenvalue weighted by molar-refractivity contribution is 5.77. The third kappa shape index (κ3) is 1.14. The van der Waals surface area contributed by atoms with Crippen LogP contribution in [0.1, 0.15) is 5.82 Å². The van der Waals surface area contributed by atoms with E-state index in [0.717, 1.165) is 10.9 Å². The Labute approximate surface area is 70.3 Å². The van der Waals surface area contributed by atoms with Crippen LogP contribution in [0.3, 0.4) is 0 Å². The van der Waals surface area contributed by atoms with E-state index in [9.17, 15) is 0 Å². The summed E-state index contributed by atoms with van der Waals surface area (Å²) in [6.07, 6.45) is 1.80. The van der Waals surface area contributed by atoms with Gasteiger partial charge in [-0.2, -0.15) is 0 Å². The van der Waals surface area contributed by atoms with Crippen LogP contribution in [0, 0.1) is 0 Å². The summed E-state index contributed by atoms with van der Waals surface area (Å²) in [5, 5.41) is 1.05. The second kappa shape index (κ2) is 2.87. The van der Waals surface area contributed by atoms with Gasteiger partial charge in [-0.3, -0.25) is 0 Å². The fourth-order valence-corrected chi connectivity index (χ4v) is 1.11. The summed E-state index contributed by atoms with van der Waals surface area (Å²) >= 11 is 0. The van der Waals surface area contributed by atoms with Crippen LogP contribution in [0.2, 0.25) is 0 Å². The Bertz CT molecular complexity index is 398. The van der Waals surface area contributed by atoms with Crippen molar-refractivity contribution in [2.24, 2.45) is 5.73 Å². The van der Waals surface area contributed by atoms with Gasteiger partial charge in [0.05, 0.1) is 12.1 Å². The molecule has 0 saturated carbocycles. The van der Waals surface area contributed by atoms with Gasteiger partial charge in [0.1, 0.15) is 5.82 Å². The summed E-state index contributed by atoms with van der Waals surface area (Å²) in [6.45, 7) is 0.394. The molecule has 2 N–H and O–H groups in total. The number of nitrogens with two attached hydrogens (primary N) is 1. The van der Waals surface area contributed by atoms with Gasteiger partial charge < -0.3 is 5.73 Å². The van der Waals surface area contributed by atoms with Crippen LogP contribution in [0.25, 0.3) is 10.9 Å². The van der Waals surface area contributed by atoms with Gasteiger partial charge in [-0.05, 0) is 6.07 Å². The van der Waals surface area contributed by atoms with Gasteiger partial charge in [-0.15, -0.1) is 0 Å². The van der Waals surface area contributed by atoms with Crippen LogP contribution in [0.5, 0.6) is 0 Å². The molecule has 1 heterocycles. The molecule has 12 heavy (non-hydrogen) atoms. The minimum atomic E-state index is 0.394. The zero-order valence-electron chi connectivity index (χ0n) is 6.57. The zero-order valence-corrected chi connectivity index (χ0v) is 6.57. The van der Waals surface area contributed by atoms with E-state index in [0.29, 0.717) is 12.4 Å². The van der Waals surface area contributed by atoms with Crippen LogP contribution in [-0.2, 0) is 6.54 Å². The molecule has 0 amide bonds. The smallest absolute Gasteiger partial charge is 0.142 e. The van der Waals surface area contributed by atoms with E-state index in [2.05, 4.69) is 9.97 Å². The molecule has 60 valence electrons. The van der Waals surface area contributed by atoms with Crippen molar-refractivity contribution >= 4 is 10.9 Å². The summed E-state index contributed by atoms with van der Waals surface area (Å²) in [7, 11) is 0. The molecule has 3 nitrogen and oxygen atoms in total. The van der Waals surface area contributed by atoms with E-state index in [-0.39, 0.29) is 0 Å². The number of aromatic nitrogens is 2. The summed E-state index contributed by atoms with van der Waals surface area (Å²) in [6, 6.07) is 7.86. The zero-order chi connectivity index (χ0) is 8.39. The molecule has 0 aliphatic carbocycles.